The standard InChI is InChI=1S/C16H24O3/c1-11(2)15(17)19-16(7-3-4-8-16)10-12-9-13-5-6-14(12)18-13/h12-14H,1,3-10H2,2H3. The van der Waals surface area contributed by atoms with Gasteiger partial charge in [0.2, 0.25) is 0 Å². The molecule has 0 aromatic rings. The molecule has 0 amide bonds. The predicted molar refractivity (Wildman–Crippen MR) is 72.7 cm³/mol. The Morgan fingerprint density at radius 3 is 2.63 bits per heavy atom. The van der Waals surface area contributed by atoms with Crippen molar-refractivity contribution in [3.63, 3.8) is 0 Å². The number of hydrogen-bond donors (Lipinski definition) is 0. The van der Waals surface area contributed by atoms with E-state index in [-0.39, 0.29) is 11.6 Å². The molecule has 0 spiro atoms. The van der Waals surface area contributed by atoms with Crippen LogP contribution in [0.25, 0.3) is 0 Å². The van der Waals surface area contributed by atoms with Crippen LogP contribution >= 0.6 is 0 Å². The number of rotatable bonds is 4. The van der Waals surface area contributed by atoms with Crippen LogP contribution in [-0.2, 0) is 14.3 Å². The fourth-order valence-corrected chi connectivity index (χ4v) is 4.09. The Morgan fingerprint density at radius 2 is 2.11 bits per heavy atom. The highest BCUT2D eigenvalue weighted by molar-refractivity contribution is 5.87. The predicted octanol–water partition coefficient (Wildman–Crippen LogP) is 3.38. The molecule has 1 saturated carbocycles. The molecule has 3 heteroatoms. The molecule has 2 bridgehead atoms. The van der Waals surface area contributed by atoms with E-state index in [2.05, 4.69) is 6.58 Å². The molecule has 1 aliphatic carbocycles. The fourth-order valence-electron chi connectivity index (χ4n) is 4.09. The molecule has 0 aromatic carbocycles. The maximum atomic E-state index is 11.9. The van der Waals surface area contributed by atoms with Gasteiger partial charge in [-0.25, -0.2) is 4.79 Å². The largest absolute Gasteiger partial charge is 0.456 e. The lowest BCUT2D eigenvalue weighted by molar-refractivity contribution is -0.156. The molecule has 0 aromatic heterocycles. The van der Waals surface area contributed by atoms with Gasteiger partial charge in [-0.1, -0.05) is 6.58 Å². The van der Waals surface area contributed by atoms with Gasteiger partial charge in [0.1, 0.15) is 5.60 Å². The van der Waals surface area contributed by atoms with Crippen LogP contribution in [0.15, 0.2) is 12.2 Å². The first-order valence-corrected chi connectivity index (χ1v) is 7.62. The number of carbonyl (C=O) groups excluding carboxylic acids is 1. The van der Waals surface area contributed by atoms with Crippen LogP contribution in [0.1, 0.15) is 58.3 Å². The number of fused-ring (bicyclic) bond motifs is 2. The van der Waals surface area contributed by atoms with Crippen molar-refractivity contribution in [2.45, 2.75) is 76.1 Å². The summed E-state index contributed by atoms with van der Waals surface area (Å²) >= 11 is 0. The van der Waals surface area contributed by atoms with Gasteiger partial charge >= 0.3 is 5.97 Å². The first kappa shape index (κ1) is 13.2. The summed E-state index contributed by atoms with van der Waals surface area (Å²) in [6, 6.07) is 0. The van der Waals surface area contributed by atoms with Crippen molar-refractivity contribution in [1.82, 2.24) is 0 Å². The van der Waals surface area contributed by atoms with Gasteiger partial charge in [-0.15, -0.1) is 0 Å². The zero-order chi connectivity index (χ0) is 13.5. The summed E-state index contributed by atoms with van der Waals surface area (Å²) in [4.78, 5) is 11.9. The van der Waals surface area contributed by atoms with Crippen LogP contribution in [0.5, 0.6) is 0 Å². The maximum absolute atomic E-state index is 11.9. The average molecular weight is 264 g/mol. The molecule has 3 nitrogen and oxygen atoms in total. The molecule has 3 unspecified atom stereocenters. The Bertz CT molecular complexity index is 381. The molecular formula is C16H24O3. The number of carbonyl (C=O) groups is 1. The SMILES string of the molecule is C=C(C)C(=O)OC1(CC2CC3CCC2O3)CCCC1. The molecule has 0 N–H and O–H groups in total. The van der Waals surface area contributed by atoms with Gasteiger partial charge in [-0.3, -0.25) is 0 Å². The smallest absolute Gasteiger partial charge is 0.333 e. The van der Waals surface area contributed by atoms with Crippen molar-refractivity contribution in [2.75, 3.05) is 0 Å². The minimum Gasteiger partial charge on any atom is -0.456 e. The highest BCUT2D eigenvalue weighted by Gasteiger charge is 2.47. The summed E-state index contributed by atoms with van der Waals surface area (Å²) < 4.78 is 11.8. The van der Waals surface area contributed by atoms with E-state index >= 15 is 0 Å². The zero-order valence-corrected chi connectivity index (χ0v) is 11.8. The van der Waals surface area contributed by atoms with Gasteiger partial charge in [-0.05, 0) is 64.2 Å². The van der Waals surface area contributed by atoms with Gasteiger partial charge < -0.3 is 9.47 Å². The van der Waals surface area contributed by atoms with Crippen LogP contribution in [0.3, 0.4) is 0 Å². The molecule has 2 aliphatic heterocycles. The van der Waals surface area contributed by atoms with Crippen LogP contribution < -0.4 is 0 Å². The van der Waals surface area contributed by atoms with Gasteiger partial charge in [0, 0.05) is 5.57 Å². The first-order valence-electron chi connectivity index (χ1n) is 7.62. The van der Waals surface area contributed by atoms with E-state index in [0.29, 0.717) is 23.7 Å². The summed E-state index contributed by atoms with van der Waals surface area (Å²) in [5, 5.41) is 0. The van der Waals surface area contributed by atoms with Crippen molar-refractivity contribution in [3.05, 3.63) is 12.2 Å². The topological polar surface area (TPSA) is 35.5 Å². The van der Waals surface area contributed by atoms with E-state index in [1.54, 1.807) is 6.92 Å². The first-order chi connectivity index (χ1) is 9.08. The van der Waals surface area contributed by atoms with Crippen molar-refractivity contribution in [3.8, 4) is 0 Å². The zero-order valence-electron chi connectivity index (χ0n) is 11.8. The molecule has 3 aliphatic rings. The highest BCUT2D eigenvalue weighted by Crippen LogP contribution is 2.47. The van der Waals surface area contributed by atoms with Gasteiger partial charge in [0.15, 0.2) is 0 Å². The lowest BCUT2D eigenvalue weighted by Crippen LogP contribution is -2.36. The van der Waals surface area contributed by atoms with Crippen LogP contribution in [0, 0.1) is 5.92 Å². The number of esters is 1. The van der Waals surface area contributed by atoms with Crippen molar-refractivity contribution < 1.29 is 14.3 Å². The fraction of sp³-hybridized carbons (Fsp3) is 0.812. The molecule has 0 radical (unpaired) electrons. The Morgan fingerprint density at radius 1 is 1.37 bits per heavy atom. The minimum atomic E-state index is -0.228. The molecule has 106 valence electrons. The summed E-state index contributed by atoms with van der Waals surface area (Å²) in [5.74, 6) is 0.376. The normalized spacial score (nSPS) is 35.5. The second-order valence-corrected chi connectivity index (χ2v) is 6.63. The third-order valence-electron chi connectivity index (χ3n) is 5.04. The van der Waals surface area contributed by atoms with Crippen molar-refractivity contribution >= 4 is 5.97 Å². The molecule has 2 saturated heterocycles. The van der Waals surface area contributed by atoms with Crippen LogP contribution in [0.2, 0.25) is 0 Å². The molecular weight excluding hydrogens is 240 g/mol. The lowest BCUT2D eigenvalue weighted by atomic mass is 9.80. The average Bonchev–Trinajstić information content (AvgIpc) is 3.05. The summed E-state index contributed by atoms with van der Waals surface area (Å²) in [6.45, 7) is 5.43. The second-order valence-electron chi connectivity index (χ2n) is 6.63. The van der Waals surface area contributed by atoms with E-state index in [0.717, 1.165) is 25.7 Å². The Hall–Kier alpha value is -0.830. The Balaban J connectivity index is 1.67. The third-order valence-corrected chi connectivity index (χ3v) is 5.04. The lowest BCUT2D eigenvalue weighted by Gasteiger charge is -2.33. The van der Waals surface area contributed by atoms with Gasteiger partial charge in [0.25, 0.3) is 0 Å². The quantitative estimate of drug-likeness (QED) is 0.577. The maximum Gasteiger partial charge on any atom is 0.333 e. The van der Waals surface area contributed by atoms with Gasteiger partial charge in [0.05, 0.1) is 12.2 Å². The Kier molecular flexibility index (Phi) is 3.42. The molecule has 3 fully saturated rings. The third kappa shape index (κ3) is 2.58. The van der Waals surface area contributed by atoms with Crippen molar-refractivity contribution in [1.29, 1.82) is 0 Å². The summed E-state index contributed by atoms with van der Waals surface area (Å²) in [5.41, 5.74) is 0.282. The molecule has 19 heavy (non-hydrogen) atoms. The van der Waals surface area contributed by atoms with E-state index in [1.807, 2.05) is 0 Å². The van der Waals surface area contributed by atoms with Crippen LogP contribution in [-0.4, -0.2) is 23.8 Å². The minimum absolute atomic E-state index is 0.217. The van der Waals surface area contributed by atoms with E-state index < -0.39 is 0 Å². The Labute approximate surface area is 115 Å². The van der Waals surface area contributed by atoms with Gasteiger partial charge in [-0.2, -0.15) is 0 Å². The molecule has 3 rings (SSSR count). The molecule has 3 atom stereocenters. The van der Waals surface area contributed by atoms with E-state index in [1.165, 1.54) is 25.7 Å². The monoisotopic (exact) mass is 264 g/mol. The number of ether oxygens (including phenoxy) is 2. The van der Waals surface area contributed by atoms with E-state index in [4.69, 9.17) is 9.47 Å². The van der Waals surface area contributed by atoms with E-state index in [9.17, 15) is 4.79 Å². The number of hydrogen-bond acceptors (Lipinski definition) is 3. The summed E-state index contributed by atoms with van der Waals surface area (Å²) in [6.07, 6.45) is 9.84. The highest BCUT2D eigenvalue weighted by atomic mass is 16.6. The van der Waals surface area contributed by atoms with Crippen LogP contribution in [0.4, 0.5) is 0 Å². The second kappa shape index (κ2) is 4.93. The molecule has 2 heterocycles. The summed E-state index contributed by atoms with van der Waals surface area (Å²) in [7, 11) is 0. The van der Waals surface area contributed by atoms with Crippen molar-refractivity contribution in [2.24, 2.45) is 5.92 Å².